The number of benzene rings is 2. The third kappa shape index (κ3) is 4.99. The second kappa shape index (κ2) is 10.6. The quantitative estimate of drug-likeness (QED) is 0.182. The van der Waals surface area contributed by atoms with Crippen LogP contribution >= 0.6 is 50.7 Å². The molecule has 1 aromatic heterocycles. The highest BCUT2D eigenvalue weighted by molar-refractivity contribution is 9.10. The maximum atomic E-state index is 14.2. The summed E-state index contributed by atoms with van der Waals surface area (Å²) >= 11 is 22.4. The van der Waals surface area contributed by atoms with E-state index in [1.165, 1.54) is 29.0 Å². The highest BCUT2D eigenvalue weighted by Gasteiger charge is 2.35. The van der Waals surface area contributed by atoms with Crippen LogP contribution in [-0.2, 0) is 11.3 Å². The SMILES string of the molecule is O=C1N/C(=C\c2c(C3=CCC(Cl)C=C3)nn(-c3c(Cl)cc(Br)cc3Cl)c2O)C(=O)N1Cc1ccccc1F. The van der Waals surface area contributed by atoms with Crippen molar-refractivity contribution in [2.75, 3.05) is 0 Å². The Morgan fingerprint density at radius 2 is 1.92 bits per heavy atom. The van der Waals surface area contributed by atoms with E-state index in [1.54, 1.807) is 30.4 Å². The first-order valence-corrected chi connectivity index (χ1v) is 13.2. The number of nitrogens with zero attached hydrogens (tertiary/aromatic N) is 3. The van der Waals surface area contributed by atoms with Crippen LogP contribution in [0.25, 0.3) is 17.3 Å². The molecule has 2 heterocycles. The monoisotopic (exact) mass is 636 g/mol. The number of halogens is 5. The molecule has 1 atom stereocenters. The summed E-state index contributed by atoms with van der Waals surface area (Å²) < 4.78 is 16.0. The van der Waals surface area contributed by atoms with Gasteiger partial charge < -0.3 is 10.4 Å². The Kier molecular flexibility index (Phi) is 7.37. The number of carbonyl (C=O) groups is 2. The average molecular weight is 639 g/mol. The lowest BCUT2D eigenvalue weighted by atomic mass is 10.0. The Labute approximate surface area is 239 Å². The molecule has 1 unspecified atom stereocenters. The fourth-order valence-electron chi connectivity index (χ4n) is 4.09. The average Bonchev–Trinajstić information content (AvgIpc) is 3.31. The van der Waals surface area contributed by atoms with Crippen LogP contribution in [0.3, 0.4) is 0 Å². The van der Waals surface area contributed by atoms with Crippen molar-refractivity contribution in [2.24, 2.45) is 0 Å². The van der Waals surface area contributed by atoms with Crippen LogP contribution in [0.4, 0.5) is 9.18 Å². The Morgan fingerprint density at radius 1 is 1.21 bits per heavy atom. The molecule has 0 saturated carbocycles. The summed E-state index contributed by atoms with van der Waals surface area (Å²) in [6.45, 7) is -0.262. The van der Waals surface area contributed by atoms with E-state index < -0.39 is 17.8 Å². The predicted molar refractivity (Wildman–Crippen MR) is 148 cm³/mol. The van der Waals surface area contributed by atoms with Crippen molar-refractivity contribution in [1.29, 1.82) is 0 Å². The maximum Gasteiger partial charge on any atom is 0.329 e. The molecule has 0 spiro atoms. The van der Waals surface area contributed by atoms with Crippen LogP contribution in [0, 0.1) is 5.82 Å². The molecule has 1 aliphatic heterocycles. The third-order valence-electron chi connectivity index (χ3n) is 5.95. The van der Waals surface area contributed by atoms with Crippen LogP contribution in [-0.4, -0.2) is 37.1 Å². The molecule has 3 aromatic rings. The molecule has 5 rings (SSSR count). The molecular weight excluding hydrogens is 622 g/mol. The first kappa shape index (κ1) is 26.5. The van der Waals surface area contributed by atoms with E-state index in [-0.39, 0.29) is 50.4 Å². The first-order valence-electron chi connectivity index (χ1n) is 11.2. The molecule has 1 aliphatic carbocycles. The Bertz CT molecular complexity index is 1560. The van der Waals surface area contributed by atoms with Gasteiger partial charge in [-0.15, -0.1) is 11.6 Å². The number of hydrogen-bond acceptors (Lipinski definition) is 4. The van der Waals surface area contributed by atoms with Gasteiger partial charge in [0.25, 0.3) is 5.91 Å². The minimum absolute atomic E-state index is 0.119. The Balaban J connectivity index is 1.60. The van der Waals surface area contributed by atoms with Crippen LogP contribution in [0.2, 0.25) is 10.0 Å². The second-order valence-electron chi connectivity index (χ2n) is 8.46. The van der Waals surface area contributed by atoms with E-state index in [2.05, 4.69) is 26.3 Å². The van der Waals surface area contributed by atoms with Crippen molar-refractivity contribution < 1.29 is 19.1 Å². The summed E-state index contributed by atoms with van der Waals surface area (Å²) in [5, 5.41) is 18.5. The van der Waals surface area contributed by atoms with E-state index in [0.29, 0.717) is 22.2 Å². The van der Waals surface area contributed by atoms with Gasteiger partial charge in [0.05, 0.1) is 27.5 Å². The minimum atomic E-state index is -0.723. The van der Waals surface area contributed by atoms with Crippen LogP contribution < -0.4 is 5.32 Å². The third-order valence-corrected chi connectivity index (χ3v) is 7.31. The van der Waals surface area contributed by atoms with Gasteiger partial charge in [0.2, 0.25) is 5.88 Å². The normalized spacial score (nSPS) is 18.3. The Morgan fingerprint density at radius 3 is 2.58 bits per heavy atom. The summed E-state index contributed by atoms with van der Waals surface area (Å²) in [5.74, 6) is -1.59. The van der Waals surface area contributed by atoms with Crippen molar-refractivity contribution >= 4 is 74.3 Å². The standard InChI is InChI=1S/C26H17BrCl3FN4O3/c27-15-9-18(29)23(19(30)10-15)35-24(36)17(22(33-35)13-5-7-16(28)8-6-13)11-21-25(37)34(26(38)32-21)12-14-3-1-2-4-20(14)31/h1-7,9-11,16,36H,8,12H2,(H,32,38)/b21-11-. The summed E-state index contributed by atoms with van der Waals surface area (Å²) in [6, 6.07) is 8.34. The highest BCUT2D eigenvalue weighted by Crippen LogP contribution is 2.39. The molecule has 1 saturated heterocycles. The van der Waals surface area contributed by atoms with Gasteiger partial charge >= 0.3 is 6.03 Å². The second-order valence-corrected chi connectivity index (χ2v) is 10.7. The van der Waals surface area contributed by atoms with Crippen LogP contribution in [0.5, 0.6) is 5.88 Å². The molecule has 194 valence electrons. The number of allylic oxidation sites excluding steroid dienone is 4. The zero-order valence-electron chi connectivity index (χ0n) is 19.3. The van der Waals surface area contributed by atoms with Crippen LogP contribution in [0.1, 0.15) is 23.2 Å². The van der Waals surface area contributed by atoms with Gasteiger partial charge in [-0.25, -0.2) is 9.18 Å². The van der Waals surface area contributed by atoms with E-state index in [1.807, 2.05) is 6.08 Å². The van der Waals surface area contributed by atoms with Gasteiger partial charge in [-0.3, -0.25) is 9.69 Å². The predicted octanol–water partition coefficient (Wildman–Crippen LogP) is 6.83. The summed E-state index contributed by atoms with van der Waals surface area (Å²) in [6.07, 6.45) is 7.21. The van der Waals surface area contributed by atoms with Crippen molar-refractivity contribution in [2.45, 2.75) is 18.3 Å². The van der Waals surface area contributed by atoms with Gasteiger partial charge in [0, 0.05) is 10.0 Å². The molecule has 2 N–H and O–H groups in total. The molecule has 12 heteroatoms. The van der Waals surface area contributed by atoms with E-state index in [0.717, 1.165) is 4.90 Å². The number of imide groups is 1. The van der Waals surface area contributed by atoms with Gasteiger partial charge in [0.15, 0.2) is 0 Å². The van der Waals surface area contributed by atoms with Crippen molar-refractivity contribution in [3.05, 3.63) is 97.5 Å². The van der Waals surface area contributed by atoms with Gasteiger partial charge in [-0.2, -0.15) is 9.78 Å². The van der Waals surface area contributed by atoms with Crippen molar-refractivity contribution in [1.82, 2.24) is 20.0 Å². The molecule has 1 fully saturated rings. The molecule has 38 heavy (non-hydrogen) atoms. The van der Waals surface area contributed by atoms with Gasteiger partial charge in [0.1, 0.15) is 22.9 Å². The topological polar surface area (TPSA) is 87.5 Å². The van der Waals surface area contributed by atoms with Gasteiger partial charge in [-0.1, -0.05) is 75.6 Å². The molecule has 7 nitrogen and oxygen atoms in total. The fourth-order valence-corrected chi connectivity index (χ4v) is 5.62. The minimum Gasteiger partial charge on any atom is -0.493 e. The lowest BCUT2D eigenvalue weighted by Gasteiger charge is -2.12. The molecule has 2 aliphatic rings. The lowest BCUT2D eigenvalue weighted by molar-refractivity contribution is -0.123. The van der Waals surface area contributed by atoms with Crippen LogP contribution in [0.15, 0.2) is 64.8 Å². The molecular formula is C26H17BrCl3FN4O3. The maximum absolute atomic E-state index is 14.2. The van der Waals surface area contributed by atoms with Gasteiger partial charge in [-0.05, 0) is 36.3 Å². The largest absolute Gasteiger partial charge is 0.493 e. The molecule has 0 radical (unpaired) electrons. The smallest absolute Gasteiger partial charge is 0.329 e. The lowest BCUT2D eigenvalue weighted by Crippen LogP contribution is -2.30. The number of alkyl halides is 1. The molecule has 3 amide bonds. The number of carbonyl (C=O) groups excluding carboxylic acids is 2. The van der Waals surface area contributed by atoms with E-state index in [4.69, 9.17) is 34.8 Å². The van der Waals surface area contributed by atoms with Crippen molar-refractivity contribution in [3.8, 4) is 11.6 Å². The summed E-state index contributed by atoms with van der Waals surface area (Å²) in [4.78, 5) is 26.7. The zero-order valence-corrected chi connectivity index (χ0v) is 23.1. The fraction of sp³-hybridized carbons (Fsp3) is 0.115. The number of amides is 3. The summed E-state index contributed by atoms with van der Waals surface area (Å²) in [5.41, 5.74) is 1.36. The van der Waals surface area contributed by atoms with E-state index >= 15 is 0 Å². The number of hydrogen-bond donors (Lipinski definition) is 2. The molecule has 2 aromatic carbocycles. The van der Waals surface area contributed by atoms with Crippen molar-refractivity contribution in [3.63, 3.8) is 0 Å². The highest BCUT2D eigenvalue weighted by atomic mass is 79.9. The number of aromatic hydroxyl groups is 1. The molecule has 0 bridgehead atoms. The first-order chi connectivity index (χ1) is 18.1. The number of nitrogens with one attached hydrogen (secondary N) is 1. The summed E-state index contributed by atoms with van der Waals surface area (Å²) in [7, 11) is 0. The van der Waals surface area contributed by atoms with E-state index in [9.17, 15) is 19.1 Å². The zero-order chi connectivity index (χ0) is 27.1. The number of rotatable bonds is 5. The number of urea groups is 1. The number of aromatic nitrogens is 2. The Hall–Kier alpha value is -3.11.